The lowest BCUT2D eigenvalue weighted by Crippen LogP contribution is -2.24. The first-order valence-electron chi connectivity index (χ1n) is 11.3. The van der Waals surface area contributed by atoms with E-state index in [4.69, 9.17) is 0 Å². The molecule has 2 heteroatoms. The van der Waals surface area contributed by atoms with Gasteiger partial charge in [-0.3, -0.25) is 4.79 Å². The number of amides is 1. The van der Waals surface area contributed by atoms with Gasteiger partial charge in [-0.2, -0.15) is 0 Å². The first kappa shape index (κ1) is 20.8. The molecule has 2 atom stereocenters. The van der Waals surface area contributed by atoms with Gasteiger partial charge >= 0.3 is 0 Å². The molecule has 4 aromatic rings. The fourth-order valence-corrected chi connectivity index (χ4v) is 4.55. The van der Waals surface area contributed by atoms with Gasteiger partial charge in [-0.1, -0.05) is 103 Å². The molecule has 2 unspecified atom stereocenters. The van der Waals surface area contributed by atoms with Crippen LogP contribution in [0.5, 0.6) is 0 Å². The maximum absolute atomic E-state index is 13.1. The number of nitrogens with zero attached hydrogens (tertiary/aromatic N) is 1. The van der Waals surface area contributed by atoms with Gasteiger partial charge in [0.25, 0.3) is 0 Å². The number of benzene rings is 4. The Kier molecular flexibility index (Phi) is 5.79. The summed E-state index contributed by atoms with van der Waals surface area (Å²) >= 11 is 0. The molecule has 0 radical (unpaired) electrons. The molecular formula is C31H25NO. The predicted octanol–water partition coefficient (Wildman–Crippen LogP) is 6.17. The molecular weight excluding hydrogens is 402 g/mol. The molecule has 0 aromatic heterocycles. The molecule has 4 aromatic carbocycles. The number of anilines is 1. The summed E-state index contributed by atoms with van der Waals surface area (Å²) in [5.41, 5.74) is 6.52. The molecule has 0 aliphatic carbocycles. The van der Waals surface area contributed by atoms with Gasteiger partial charge in [0.2, 0.25) is 5.91 Å². The van der Waals surface area contributed by atoms with E-state index in [0.717, 1.165) is 27.9 Å². The van der Waals surface area contributed by atoms with E-state index < -0.39 is 0 Å². The van der Waals surface area contributed by atoms with Crippen LogP contribution >= 0.6 is 0 Å². The average Bonchev–Trinajstić information content (AvgIpc) is 3.10. The molecule has 0 bridgehead atoms. The molecule has 2 nitrogen and oxygen atoms in total. The molecule has 0 saturated heterocycles. The van der Waals surface area contributed by atoms with Crippen LogP contribution < -0.4 is 4.90 Å². The Bertz CT molecular complexity index is 1320. The summed E-state index contributed by atoms with van der Waals surface area (Å²) in [5.74, 6) is 6.75. The third kappa shape index (κ3) is 4.31. The highest BCUT2D eigenvalue weighted by atomic mass is 16.2. The van der Waals surface area contributed by atoms with Gasteiger partial charge in [0.15, 0.2) is 0 Å². The molecule has 160 valence electrons. The summed E-state index contributed by atoms with van der Waals surface area (Å²) < 4.78 is 0. The van der Waals surface area contributed by atoms with Crippen LogP contribution in [0.3, 0.4) is 0 Å². The van der Waals surface area contributed by atoms with Crippen molar-refractivity contribution in [2.45, 2.75) is 18.3 Å². The Balaban J connectivity index is 1.56. The highest BCUT2D eigenvalue weighted by molar-refractivity contribution is 6.04. The average molecular weight is 428 g/mol. The molecule has 0 saturated carbocycles. The molecule has 33 heavy (non-hydrogen) atoms. The van der Waals surface area contributed by atoms with Gasteiger partial charge in [-0.05, 0) is 46.9 Å². The number of hydrogen-bond acceptors (Lipinski definition) is 1. The Morgan fingerprint density at radius 3 is 2.12 bits per heavy atom. The Morgan fingerprint density at radius 1 is 0.788 bits per heavy atom. The summed E-state index contributed by atoms with van der Waals surface area (Å²) in [4.78, 5) is 14.9. The lowest BCUT2D eigenvalue weighted by Gasteiger charge is -2.15. The van der Waals surface area contributed by atoms with Gasteiger partial charge in [-0.25, -0.2) is 0 Å². The second kappa shape index (κ2) is 9.18. The van der Waals surface area contributed by atoms with Crippen LogP contribution in [0.25, 0.3) is 0 Å². The number of likely N-dealkylation sites (N-methyl/N-ethyl adjacent to an activating group) is 1. The molecule has 1 aliphatic heterocycles. The number of rotatable bonds is 4. The van der Waals surface area contributed by atoms with E-state index in [1.54, 1.807) is 4.90 Å². The van der Waals surface area contributed by atoms with Crippen LogP contribution in [0, 0.1) is 11.8 Å². The van der Waals surface area contributed by atoms with Crippen LogP contribution in [0.1, 0.15) is 39.7 Å². The first-order chi connectivity index (χ1) is 16.2. The van der Waals surface area contributed by atoms with Gasteiger partial charge in [0.05, 0.1) is 11.8 Å². The van der Waals surface area contributed by atoms with Crippen molar-refractivity contribution in [3.05, 3.63) is 137 Å². The van der Waals surface area contributed by atoms with Gasteiger partial charge in [-0.15, -0.1) is 0 Å². The summed E-state index contributed by atoms with van der Waals surface area (Å²) in [6.07, 6.45) is 0.701. The van der Waals surface area contributed by atoms with Crippen LogP contribution in [-0.2, 0) is 11.2 Å². The zero-order chi connectivity index (χ0) is 22.6. The van der Waals surface area contributed by atoms with Crippen LogP contribution in [0.4, 0.5) is 5.69 Å². The molecule has 5 rings (SSSR count). The Labute approximate surface area is 195 Å². The summed E-state index contributed by atoms with van der Waals surface area (Å²) in [6.45, 7) is 0. The van der Waals surface area contributed by atoms with E-state index in [2.05, 4.69) is 66.4 Å². The quantitative estimate of drug-likeness (QED) is 0.357. The lowest BCUT2D eigenvalue weighted by molar-refractivity contribution is -0.119. The summed E-state index contributed by atoms with van der Waals surface area (Å²) in [7, 11) is 1.87. The van der Waals surface area contributed by atoms with Crippen LogP contribution in [-0.4, -0.2) is 13.0 Å². The van der Waals surface area contributed by atoms with E-state index in [9.17, 15) is 4.79 Å². The summed E-state index contributed by atoms with van der Waals surface area (Å²) in [6, 6.07) is 37.1. The smallest absolute Gasteiger partial charge is 0.234 e. The molecule has 1 aliphatic rings. The minimum absolute atomic E-state index is 0.0740. The van der Waals surface area contributed by atoms with Crippen molar-refractivity contribution >= 4 is 11.6 Å². The third-order valence-electron chi connectivity index (χ3n) is 6.30. The van der Waals surface area contributed by atoms with Crippen molar-refractivity contribution in [1.82, 2.24) is 0 Å². The van der Waals surface area contributed by atoms with E-state index in [0.29, 0.717) is 6.42 Å². The van der Waals surface area contributed by atoms with Crippen molar-refractivity contribution in [3.63, 3.8) is 0 Å². The van der Waals surface area contributed by atoms with Crippen molar-refractivity contribution in [2.75, 3.05) is 11.9 Å². The minimum Gasteiger partial charge on any atom is -0.315 e. The van der Waals surface area contributed by atoms with Gasteiger partial charge in [0, 0.05) is 18.3 Å². The van der Waals surface area contributed by atoms with Crippen molar-refractivity contribution in [1.29, 1.82) is 0 Å². The maximum Gasteiger partial charge on any atom is 0.234 e. The minimum atomic E-state index is -0.175. The zero-order valence-electron chi connectivity index (χ0n) is 18.6. The van der Waals surface area contributed by atoms with E-state index in [-0.39, 0.29) is 17.7 Å². The maximum atomic E-state index is 13.1. The number of hydrogen-bond donors (Lipinski definition) is 0. The molecule has 1 heterocycles. The molecule has 0 N–H and O–H groups in total. The van der Waals surface area contributed by atoms with E-state index in [1.165, 1.54) is 5.56 Å². The second-order valence-corrected chi connectivity index (χ2v) is 8.44. The molecule has 1 amide bonds. The normalized spacial score (nSPS) is 15.5. The molecule has 0 fully saturated rings. The monoisotopic (exact) mass is 427 g/mol. The Hall–Kier alpha value is -4.09. The summed E-state index contributed by atoms with van der Waals surface area (Å²) in [5, 5.41) is 0. The van der Waals surface area contributed by atoms with Gasteiger partial charge < -0.3 is 4.90 Å². The highest BCUT2D eigenvalue weighted by Gasteiger charge is 2.35. The third-order valence-corrected chi connectivity index (χ3v) is 6.30. The number of fused-ring (bicyclic) bond motifs is 1. The fourth-order valence-electron chi connectivity index (χ4n) is 4.55. The van der Waals surface area contributed by atoms with Crippen molar-refractivity contribution in [3.8, 4) is 11.8 Å². The van der Waals surface area contributed by atoms with E-state index >= 15 is 0 Å². The SMILES string of the molecule is CN1C(=O)C(Cc2ccccc2)c2cc(C(C#Cc3ccccc3)c3ccccc3)ccc21. The van der Waals surface area contributed by atoms with Crippen LogP contribution in [0.2, 0.25) is 0 Å². The predicted molar refractivity (Wildman–Crippen MR) is 134 cm³/mol. The largest absolute Gasteiger partial charge is 0.315 e. The first-order valence-corrected chi connectivity index (χ1v) is 11.3. The van der Waals surface area contributed by atoms with Gasteiger partial charge in [0.1, 0.15) is 0 Å². The molecule has 0 spiro atoms. The topological polar surface area (TPSA) is 20.3 Å². The zero-order valence-corrected chi connectivity index (χ0v) is 18.6. The van der Waals surface area contributed by atoms with Crippen LogP contribution in [0.15, 0.2) is 109 Å². The van der Waals surface area contributed by atoms with Crippen molar-refractivity contribution in [2.24, 2.45) is 0 Å². The Morgan fingerprint density at radius 2 is 1.42 bits per heavy atom. The standard InChI is InChI=1S/C31H25NO/c1-32-30-20-18-26(22-28(30)29(31(32)33)21-24-13-7-3-8-14-24)27(25-15-9-4-10-16-25)19-17-23-11-5-2-6-12-23/h2-16,18,20,22,27,29H,21H2,1H3. The lowest BCUT2D eigenvalue weighted by atomic mass is 9.87. The van der Waals surface area contributed by atoms with Crippen molar-refractivity contribution < 1.29 is 4.79 Å². The second-order valence-electron chi connectivity index (χ2n) is 8.44. The number of carbonyl (C=O) groups is 1. The fraction of sp³-hybridized carbons (Fsp3) is 0.129. The highest BCUT2D eigenvalue weighted by Crippen LogP contribution is 2.40. The van der Waals surface area contributed by atoms with E-state index in [1.807, 2.05) is 61.6 Å². The number of carbonyl (C=O) groups excluding carboxylic acids is 1.